The van der Waals surface area contributed by atoms with E-state index in [1.165, 1.54) is 96.4 Å². The number of hydrogen-bond donors (Lipinski definition) is 1. The first-order chi connectivity index (χ1) is 13.7. The lowest BCUT2D eigenvalue weighted by Gasteiger charge is -2.13. The first kappa shape index (κ1) is 27.4. The molecule has 0 rings (SSSR count). The molecule has 0 aromatic carbocycles. The highest BCUT2D eigenvalue weighted by molar-refractivity contribution is 5.69. The fraction of sp³-hybridized carbons (Fsp3) is 0.960. The van der Waals surface area contributed by atoms with Gasteiger partial charge in [-0.05, 0) is 52.1 Å². The van der Waals surface area contributed by atoms with Gasteiger partial charge in [0, 0.05) is 6.42 Å². The van der Waals surface area contributed by atoms with Crippen LogP contribution in [-0.2, 0) is 9.53 Å². The third-order valence-electron chi connectivity index (χ3n) is 5.49. The normalized spacial score (nSPS) is 12.2. The van der Waals surface area contributed by atoms with Crippen molar-refractivity contribution in [3.05, 3.63) is 0 Å². The van der Waals surface area contributed by atoms with Crippen LogP contribution in [-0.4, -0.2) is 25.2 Å². The molecular formula is C25H51NO2. The van der Waals surface area contributed by atoms with Gasteiger partial charge in [0.25, 0.3) is 0 Å². The highest BCUT2D eigenvalue weighted by Crippen LogP contribution is 2.12. The number of ether oxygens (including phenoxy) is 1. The van der Waals surface area contributed by atoms with Crippen molar-refractivity contribution in [2.24, 2.45) is 0 Å². The summed E-state index contributed by atoms with van der Waals surface area (Å²) < 4.78 is 5.54. The van der Waals surface area contributed by atoms with Crippen molar-refractivity contribution < 1.29 is 9.53 Å². The highest BCUT2D eigenvalue weighted by Gasteiger charge is 2.09. The lowest BCUT2D eigenvalue weighted by molar-refractivity contribution is -0.148. The van der Waals surface area contributed by atoms with Gasteiger partial charge in [-0.1, -0.05) is 90.9 Å². The van der Waals surface area contributed by atoms with Crippen LogP contribution in [0.4, 0.5) is 0 Å². The molecule has 0 amide bonds. The van der Waals surface area contributed by atoms with Gasteiger partial charge < -0.3 is 10.1 Å². The molecule has 0 aliphatic rings. The van der Waals surface area contributed by atoms with Gasteiger partial charge in [-0.15, -0.1) is 0 Å². The summed E-state index contributed by atoms with van der Waals surface area (Å²) in [5.74, 6) is 0.00298. The lowest BCUT2D eigenvalue weighted by Crippen LogP contribution is -2.16. The summed E-state index contributed by atoms with van der Waals surface area (Å²) in [6.45, 7) is 8.87. The average Bonchev–Trinajstić information content (AvgIpc) is 2.68. The number of esters is 1. The monoisotopic (exact) mass is 397 g/mol. The largest absolute Gasteiger partial charge is 0.463 e. The van der Waals surface area contributed by atoms with E-state index in [0.29, 0.717) is 6.42 Å². The molecule has 0 saturated carbocycles. The average molecular weight is 398 g/mol. The molecule has 0 bridgehead atoms. The van der Waals surface area contributed by atoms with Gasteiger partial charge in [0.1, 0.15) is 0 Å². The Morgan fingerprint density at radius 3 is 1.71 bits per heavy atom. The maximum atomic E-state index is 11.9. The van der Waals surface area contributed by atoms with Crippen molar-refractivity contribution >= 4 is 5.97 Å². The molecule has 3 heteroatoms. The molecule has 0 radical (unpaired) electrons. The Morgan fingerprint density at radius 1 is 0.679 bits per heavy atom. The summed E-state index contributed by atoms with van der Waals surface area (Å²) in [5.41, 5.74) is 0. The molecule has 168 valence electrons. The van der Waals surface area contributed by atoms with E-state index < -0.39 is 0 Å². The number of rotatable bonds is 22. The summed E-state index contributed by atoms with van der Waals surface area (Å²) in [7, 11) is 0. The number of unbranched alkanes of at least 4 members (excludes halogenated alkanes) is 13. The second kappa shape index (κ2) is 22.7. The number of hydrogen-bond acceptors (Lipinski definition) is 3. The molecule has 0 aromatic rings. The Labute approximate surface area is 176 Å². The van der Waals surface area contributed by atoms with Gasteiger partial charge in [-0.25, -0.2) is 0 Å². The molecule has 0 saturated heterocycles. The Balaban J connectivity index is 3.27. The van der Waals surface area contributed by atoms with E-state index in [1.807, 2.05) is 6.92 Å². The molecule has 3 nitrogen and oxygen atoms in total. The molecule has 1 N–H and O–H groups in total. The molecule has 0 aliphatic carbocycles. The van der Waals surface area contributed by atoms with E-state index in [9.17, 15) is 4.79 Å². The SMILES string of the molecule is CCCCCCCCC(C)OC(=O)CCCCCCCNCCCCCCC. The molecule has 0 aromatic heterocycles. The summed E-state index contributed by atoms with van der Waals surface area (Å²) in [4.78, 5) is 11.9. The zero-order chi connectivity index (χ0) is 20.7. The van der Waals surface area contributed by atoms with Crippen LogP contribution in [0.3, 0.4) is 0 Å². The molecule has 1 atom stereocenters. The summed E-state index contributed by atoms with van der Waals surface area (Å²) in [6, 6.07) is 0. The van der Waals surface area contributed by atoms with Crippen LogP contribution in [0.15, 0.2) is 0 Å². The fourth-order valence-electron chi connectivity index (χ4n) is 3.58. The van der Waals surface area contributed by atoms with E-state index in [4.69, 9.17) is 4.74 Å². The minimum Gasteiger partial charge on any atom is -0.463 e. The van der Waals surface area contributed by atoms with Crippen molar-refractivity contribution in [1.82, 2.24) is 5.32 Å². The van der Waals surface area contributed by atoms with Crippen LogP contribution >= 0.6 is 0 Å². The van der Waals surface area contributed by atoms with Crippen molar-refractivity contribution in [1.29, 1.82) is 0 Å². The van der Waals surface area contributed by atoms with Crippen LogP contribution < -0.4 is 5.32 Å². The van der Waals surface area contributed by atoms with Crippen LogP contribution in [0, 0.1) is 0 Å². The lowest BCUT2D eigenvalue weighted by atomic mass is 10.1. The quantitative estimate of drug-likeness (QED) is 0.151. The van der Waals surface area contributed by atoms with Crippen molar-refractivity contribution in [3.63, 3.8) is 0 Å². The molecular weight excluding hydrogens is 346 g/mol. The highest BCUT2D eigenvalue weighted by atomic mass is 16.5. The smallest absolute Gasteiger partial charge is 0.306 e. The minimum atomic E-state index is 0.00298. The zero-order valence-corrected chi connectivity index (χ0v) is 19.5. The van der Waals surface area contributed by atoms with Gasteiger partial charge in [-0.3, -0.25) is 4.79 Å². The second-order valence-electron chi connectivity index (χ2n) is 8.54. The molecule has 0 heterocycles. The van der Waals surface area contributed by atoms with E-state index in [-0.39, 0.29) is 12.1 Å². The third kappa shape index (κ3) is 21.7. The maximum absolute atomic E-state index is 11.9. The number of carbonyl (C=O) groups excluding carboxylic acids is 1. The molecule has 1 unspecified atom stereocenters. The summed E-state index contributed by atoms with van der Waals surface area (Å²) >= 11 is 0. The van der Waals surface area contributed by atoms with Crippen molar-refractivity contribution in [3.8, 4) is 0 Å². The van der Waals surface area contributed by atoms with E-state index in [1.54, 1.807) is 0 Å². The Morgan fingerprint density at radius 2 is 1.14 bits per heavy atom. The summed E-state index contributed by atoms with van der Waals surface area (Å²) in [5, 5.41) is 3.55. The third-order valence-corrected chi connectivity index (χ3v) is 5.49. The van der Waals surface area contributed by atoms with Gasteiger partial charge in [0.05, 0.1) is 6.10 Å². The zero-order valence-electron chi connectivity index (χ0n) is 19.5. The van der Waals surface area contributed by atoms with Crippen LogP contribution in [0.1, 0.15) is 136 Å². The number of nitrogens with one attached hydrogen (secondary N) is 1. The minimum absolute atomic E-state index is 0.00298. The Kier molecular flexibility index (Phi) is 22.3. The van der Waals surface area contributed by atoms with Crippen LogP contribution in [0.2, 0.25) is 0 Å². The van der Waals surface area contributed by atoms with E-state index in [0.717, 1.165) is 25.8 Å². The van der Waals surface area contributed by atoms with Gasteiger partial charge in [0.2, 0.25) is 0 Å². The van der Waals surface area contributed by atoms with Gasteiger partial charge in [0.15, 0.2) is 0 Å². The van der Waals surface area contributed by atoms with Gasteiger partial charge in [-0.2, -0.15) is 0 Å². The molecule has 0 fully saturated rings. The predicted octanol–water partition coefficient (Wildman–Crippen LogP) is 7.57. The Bertz CT molecular complexity index is 320. The van der Waals surface area contributed by atoms with Crippen molar-refractivity contribution in [2.45, 2.75) is 142 Å². The molecule has 28 heavy (non-hydrogen) atoms. The van der Waals surface area contributed by atoms with E-state index in [2.05, 4.69) is 19.2 Å². The second-order valence-corrected chi connectivity index (χ2v) is 8.54. The topological polar surface area (TPSA) is 38.3 Å². The Hall–Kier alpha value is -0.570. The maximum Gasteiger partial charge on any atom is 0.306 e. The fourth-order valence-corrected chi connectivity index (χ4v) is 3.58. The van der Waals surface area contributed by atoms with E-state index >= 15 is 0 Å². The standard InChI is InChI=1S/C25H51NO2/c1-4-6-8-10-12-16-20-24(3)28-25(27)21-17-13-11-15-19-23-26-22-18-14-9-7-5-2/h24,26H,4-23H2,1-3H3. The molecule has 0 spiro atoms. The predicted molar refractivity (Wildman–Crippen MR) is 123 cm³/mol. The first-order valence-electron chi connectivity index (χ1n) is 12.6. The van der Waals surface area contributed by atoms with Crippen LogP contribution in [0.5, 0.6) is 0 Å². The summed E-state index contributed by atoms with van der Waals surface area (Å²) in [6.07, 6.45) is 22.1. The molecule has 0 aliphatic heterocycles. The number of carbonyl (C=O) groups is 1. The van der Waals surface area contributed by atoms with Crippen LogP contribution in [0.25, 0.3) is 0 Å². The van der Waals surface area contributed by atoms with Gasteiger partial charge >= 0.3 is 5.97 Å². The first-order valence-corrected chi connectivity index (χ1v) is 12.6. The van der Waals surface area contributed by atoms with Crippen molar-refractivity contribution in [2.75, 3.05) is 13.1 Å².